The zero-order chi connectivity index (χ0) is 29.8. The normalized spacial score (nSPS) is 17.1. The van der Waals surface area contributed by atoms with Crippen molar-refractivity contribution in [3.8, 4) is 22.9 Å². The van der Waals surface area contributed by atoms with E-state index >= 15 is 0 Å². The van der Waals surface area contributed by atoms with Crippen molar-refractivity contribution in [1.29, 1.82) is 0 Å². The van der Waals surface area contributed by atoms with Gasteiger partial charge >= 0.3 is 12.5 Å². The highest BCUT2D eigenvalue weighted by Gasteiger charge is 2.44. The van der Waals surface area contributed by atoms with Gasteiger partial charge in [0.05, 0.1) is 17.6 Å². The monoisotopic (exact) mass is 586 g/mol. The minimum Gasteiger partial charge on any atom is -0.482 e. The number of halogens is 5. The number of aromatic nitrogens is 3. The Morgan fingerprint density at radius 3 is 2.62 bits per heavy atom. The number of hydrogen-bond acceptors (Lipinski definition) is 6. The minimum absolute atomic E-state index is 0.0461. The highest BCUT2D eigenvalue weighted by atomic mass is 19.4. The zero-order valence-electron chi connectivity index (χ0n) is 22.3. The van der Waals surface area contributed by atoms with Crippen LogP contribution in [0, 0.1) is 6.92 Å². The van der Waals surface area contributed by atoms with Gasteiger partial charge in [-0.25, -0.2) is 4.68 Å². The van der Waals surface area contributed by atoms with Gasteiger partial charge in [0.15, 0.2) is 17.2 Å². The quantitative estimate of drug-likeness (QED) is 0.244. The molecule has 0 radical (unpaired) electrons. The van der Waals surface area contributed by atoms with Crippen LogP contribution in [0.5, 0.6) is 17.2 Å². The Bertz CT molecular complexity index is 1670. The van der Waals surface area contributed by atoms with Gasteiger partial charge in [0, 0.05) is 35.6 Å². The Kier molecular flexibility index (Phi) is 6.54. The number of anilines is 1. The topological polar surface area (TPSA) is 78.7 Å². The number of alkyl halides is 5. The van der Waals surface area contributed by atoms with E-state index in [4.69, 9.17) is 4.74 Å². The maximum Gasteiger partial charge on any atom is 0.586 e. The predicted molar refractivity (Wildman–Crippen MR) is 139 cm³/mol. The van der Waals surface area contributed by atoms with Crippen molar-refractivity contribution in [3.05, 3.63) is 89.0 Å². The second-order valence-electron chi connectivity index (χ2n) is 9.97. The van der Waals surface area contributed by atoms with Crippen molar-refractivity contribution < 1.29 is 41.0 Å². The van der Waals surface area contributed by atoms with E-state index in [1.54, 1.807) is 18.2 Å². The molecule has 1 aliphatic carbocycles. The molecule has 6 rings (SSSR count). The summed E-state index contributed by atoms with van der Waals surface area (Å²) in [7, 11) is 1.43. The number of aryl methyl sites for hydroxylation is 1. The fraction of sp³-hybridized carbons (Fsp3) is 0.276. The number of benzene rings is 2. The predicted octanol–water partition coefficient (Wildman–Crippen LogP) is 6.65. The van der Waals surface area contributed by atoms with E-state index in [1.807, 2.05) is 6.92 Å². The molecular formula is C29H23F5N4O4. The molecule has 1 aliphatic heterocycles. The lowest BCUT2D eigenvalue weighted by Crippen LogP contribution is -2.26. The number of fused-ring (bicyclic) bond motifs is 2. The number of ether oxygens (including phenoxy) is 3. The first-order valence-corrected chi connectivity index (χ1v) is 13.0. The second-order valence-corrected chi connectivity index (χ2v) is 9.97. The van der Waals surface area contributed by atoms with E-state index < -0.39 is 30.2 Å². The summed E-state index contributed by atoms with van der Waals surface area (Å²) in [6, 6.07) is 13.3. The third-order valence-electron chi connectivity index (χ3n) is 7.07. The minimum atomic E-state index is -4.70. The van der Waals surface area contributed by atoms with Crippen LogP contribution < -0.4 is 19.1 Å². The van der Waals surface area contributed by atoms with Gasteiger partial charge < -0.3 is 19.1 Å². The number of hydrogen-bond donors (Lipinski definition) is 0. The van der Waals surface area contributed by atoms with Gasteiger partial charge in [-0.15, -0.1) is 8.78 Å². The van der Waals surface area contributed by atoms with E-state index in [-0.39, 0.29) is 46.1 Å². The van der Waals surface area contributed by atoms with Crippen LogP contribution in [-0.4, -0.2) is 34.0 Å². The summed E-state index contributed by atoms with van der Waals surface area (Å²) in [5.74, 6) is -0.540. The lowest BCUT2D eigenvalue weighted by molar-refractivity contribution is -0.286. The number of rotatable bonds is 5. The molecule has 0 N–H and O–H groups in total. The molecule has 0 spiro atoms. The van der Waals surface area contributed by atoms with Gasteiger partial charge in [0.2, 0.25) is 0 Å². The lowest BCUT2D eigenvalue weighted by atomic mass is 9.93. The van der Waals surface area contributed by atoms with Crippen LogP contribution in [0.1, 0.15) is 51.9 Å². The van der Waals surface area contributed by atoms with Crippen LogP contribution in [0.15, 0.2) is 60.8 Å². The third kappa shape index (κ3) is 5.10. The van der Waals surface area contributed by atoms with Crippen LogP contribution in [0.25, 0.3) is 5.69 Å². The van der Waals surface area contributed by atoms with Crippen molar-refractivity contribution in [2.75, 3.05) is 11.9 Å². The Labute approximate surface area is 236 Å². The summed E-state index contributed by atoms with van der Waals surface area (Å²) in [5.41, 5.74) is 0.658. The molecule has 218 valence electrons. The molecule has 4 aromatic rings. The Morgan fingerprint density at radius 1 is 1.10 bits per heavy atom. The Morgan fingerprint density at radius 2 is 1.88 bits per heavy atom. The van der Waals surface area contributed by atoms with Crippen LogP contribution in [-0.2, 0) is 12.6 Å². The van der Waals surface area contributed by atoms with Gasteiger partial charge in [0.25, 0.3) is 5.91 Å². The maximum absolute atomic E-state index is 14.1. The molecule has 0 fully saturated rings. The third-order valence-corrected chi connectivity index (χ3v) is 7.07. The molecule has 2 aliphatic rings. The molecule has 2 aromatic heterocycles. The molecule has 3 heterocycles. The van der Waals surface area contributed by atoms with Crippen molar-refractivity contribution >= 4 is 11.6 Å². The van der Waals surface area contributed by atoms with Gasteiger partial charge in [-0.1, -0.05) is 6.07 Å². The molecule has 8 nitrogen and oxygen atoms in total. The zero-order valence-corrected chi connectivity index (χ0v) is 22.3. The second kappa shape index (κ2) is 10.00. The molecule has 0 bridgehead atoms. The van der Waals surface area contributed by atoms with Gasteiger partial charge in [0.1, 0.15) is 11.9 Å². The van der Waals surface area contributed by atoms with E-state index in [9.17, 15) is 26.7 Å². The Balaban J connectivity index is 1.35. The summed E-state index contributed by atoms with van der Waals surface area (Å²) in [4.78, 5) is 18.8. The van der Waals surface area contributed by atoms with E-state index in [0.29, 0.717) is 18.6 Å². The van der Waals surface area contributed by atoms with Gasteiger partial charge in [-0.05, 0) is 68.7 Å². The van der Waals surface area contributed by atoms with Crippen molar-refractivity contribution in [2.45, 2.75) is 44.8 Å². The number of carbonyl (C=O) groups excluding carboxylic acids is 1. The molecule has 2 aromatic carbocycles. The summed E-state index contributed by atoms with van der Waals surface area (Å²) in [6.45, 7) is 1.81. The number of pyridine rings is 1. The summed E-state index contributed by atoms with van der Waals surface area (Å²) >= 11 is 0. The first-order valence-electron chi connectivity index (χ1n) is 13.0. The average Bonchev–Trinajstić information content (AvgIpc) is 3.50. The molecule has 1 atom stereocenters. The summed E-state index contributed by atoms with van der Waals surface area (Å²) in [5, 5.41) is 3.97. The molecule has 0 saturated carbocycles. The molecule has 1 amide bonds. The largest absolute Gasteiger partial charge is 0.586 e. The van der Waals surface area contributed by atoms with E-state index in [2.05, 4.69) is 19.6 Å². The fourth-order valence-corrected chi connectivity index (χ4v) is 5.10. The maximum atomic E-state index is 14.1. The summed E-state index contributed by atoms with van der Waals surface area (Å²) < 4.78 is 85.3. The smallest absolute Gasteiger partial charge is 0.482 e. The first-order chi connectivity index (χ1) is 19.9. The highest BCUT2D eigenvalue weighted by molar-refractivity contribution is 6.06. The SMILES string of the molecule is Cc1ccc(OC2CCCc3c(C(F)(F)F)nn(-c4cccc(C(=O)N(C)c5ccc6c(c5)OC(F)(F)O6)c4)c32)cn1. The number of carbonyl (C=O) groups is 1. The van der Waals surface area contributed by atoms with Crippen molar-refractivity contribution in [3.63, 3.8) is 0 Å². The van der Waals surface area contributed by atoms with E-state index in [1.165, 1.54) is 59.2 Å². The standard InChI is InChI=1S/C29H23F5N4O4/c1-16-9-11-20(15-35-16)40-23-8-4-7-21-25(23)38(36-26(21)28(30,31)32)19-6-3-5-17(13-19)27(39)37(2)18-10-12-22-24(14-18)42-29(33,34)41-22/h3,5-6,9-15,23H,4,7-8H2,1-2H3. The van der Waals surface area contributed by atoms with E-state index in [0.717, 1.165) is 5.69 Å². The van der Waals surface area contributed by atoms with Crippen LogP contribution >= 0.6 is 0 Å². The van der Waals surface area contributed by atoms with Crippen molar-refractivity contribution in [1.82, 2.24) is 14.8 Å². The Hall–Kier alpha value is -4.68. The molecule has 42 heavy (non-hydrogen) atoms. The van der Waals surface area contributed by atoms with Gasteiger partial charge in [-0.2, -0.15) is 18.3 Å². The summed E-state index contributed by atoms with van der Waals surface area (Å²) in [6.07, 6.45) is -6.65. The number of nitrogens with zero attached hydrogens (tertiary/aromatic N) is 4. The molecule has 0 saturated heterocycles. The van der Waals surface area contributed by atoms with Crippen molar-refractivity contribution in [2.24, 2.45) is 0 Å². The number of amides is 1. The molecule has 1 unspecified atom stereocenters. The van der Waals surface area contributed by atoms with Crippen LogP contribution in [0.2, 0.25) is 0 Å². The van der Waals surface area contributed by atoms with Crippen LogP contribution in [0.3, 0.4) is 0 Å². The molecular weight excluding hydrogens is 563 g/mol. The average molecular weight is 587 g/mol. The molecule has 13 heteroatoms. The van der Waals surface area contributed by atoms with Gasteiger partial charge in [-0.3, -0.25) is 9.78 Å². The fourth-order valence-electron chi connectivity index (χ4n) is 5.10. The first kappa shape index (κ1) is 27.5. The van der Waals surface area contributed by atoms with Crippen LogP contribution in [0.4, 0.5) is 27.6 Å². The lowest BCUT2D eigenvalue weighted by Gasteiger charge is -2.26. The highest BCUT2D eigenvalue weighted by Crippen LogP contribution is 2.44.